The van der Waals surface area contributed by atoms with Crippen molar-refractivity contribution in [2.45, 2.75) is 45.4 Å². The Hall–Kier alpha value is -1.37. The van der Waals surface area contributed by atoms with Gasteiger partial charge in [-0.05, 0) is 55.2 Å². The van der Waals surface area contributed by atoms with E-state index in [9.17, 15) is 4.79 Å². The lowest BCUT2D eigenvalue weighted by molar-refractivity contribution is 0.102. The van der Waals surface area contributed by atoms with Crippen LogP contribution in [-0.2, 0) is 6.42 Å². The molecular weight excluding hydrogens is 220 g/mol. The van der Waals surface area contributed by atoms with Crippen molar-refractivity contribution in [2.75, 3.05) is 0 Å². The zero-order valence-corrected chi connectivity index (χ0v) is 11.0. The SMILES string of the molecule is Cc1cccc2c1CCC(=CC1CCCC1)C2=O. The topological polar surface area (TPSA) is 17.1 Å². The lowest BCUT2D eigenvalue weighted by Gasteiger charge is -2.20. The summed E-state index contributed by atoms with van der Waals surface area (Å²) in [5, 5.41) is 0. The van der Waals surface area contributed by atoms with E-state index in [1.54, 1.807) is 0 Å². The highest BCUT2D eigenvalue weighted by Gasteiger charge is 2.24. The van der Waals surface area contributed by atoms with E-state index in [-0.39, 0.29) is 5.78 Å². The smallest absolute Gasteiger partial charge is 0.188 e. The Labute approximate surface area is 109 Å². The first-order valence-electron chi connectivity index (χ1n) is 7.09. The maximum absolute atomic E-state index is 12.5. The van der Waals surface area contributed by atoms with Crippen LogP contribution in [0.3, 0.4) is 0 Å². The van der Waals surface area contributed by atoms with Crippen LogP contribution in [0.2, 0.25) is 0 Å². The van der Waals surface area contributed by atoms with Gasteiger partial charge in [-0.15, -0.1) is 0 Å². The Bertz CT molecular complexity index is 504. The summed E-state index contributed by atoms with van der Waals surface area (Å²) < 4.78 is 0. The highest BCUT2D eigenvalue weighted by Crippen LogP contribution is 2.32. The molecule has 0 heterocycles. The zero-order chi connectivity index (χ0) is 12.5. The number of carbonyl (C=O) groups excluding carboxylic acids is 1. The third-order valence-electron chi connectivity index (χ3n) is 4.43. The predicted octanol–water partition coefficient (Wildman–Crippen LogP) is 4.24. The molecule has 1 aromatic rings. The van der Waals surface area contributed by atoms with Crippen LogP contribution in [0.5, 0.6) is 0 Å². The first kappa shape index (κ1) is 11.7. The number of carbonyl (C=O) groups is 1. The van der Waals surface area contributed by atoms with Gasteiger partial charge in [0, 0.05) is 5.56 Å². The van der Waals surface area contributed by atoms with Gasteiger partial charge in [-0.2, -0.15) is 0 Å². The summed E-state index contributed by atoms with van der Waals surface area (Å²) in [6, 6.07) is 6.11. The fourth-order valence-electron chi connectivity index (χ4n) is 3.36. The molecule has 94 valence electrons. The fraction of sp³-hybridized carbons (Fsp3) is 0.471. The molecule has 0 atom stereocenters. The summed E-state index contributed by atoms with van der Waals surface area (Å²) >= 11 is 0. The standard InChI is InChI=1S/C17H20O/c1-12-5-4-8-16-15(12)10-9-14(17(16)18)11-13-6-2-3-7-13/h4-5,8,11,13H,2-3,6-7,9-10H2,1H3. The van der Waals surface area contributed by atoms with Crippen LogP contribution in [0, 0.1) is 12.8 Å². The second kappa shape index (κ2) is 4.72. The van der Waals surface area contributed by atoms with E-state index in [1.807, 2.05) is 12.1 Å². The van der Waals surface area contributed by atoms with Crippen molar-refractivity contribution in [3.8, 4) is 0 Å². The lowest BCUT2D eigenvalue weighted by Crippen LogP contribution is -2.16. The number of benzene rings is 1. The first-order chi connectivity index (χ1) is 8.75. The minimum absolute atomic E-state index is 0.284. The zero-order valence-electron chi connectivity index (χ0n) is 11.0. The van der Waals surface area contributed by atoms with Gasteiger partial charge in [-0.25, -0.2) is 0 Å². The number of rotatable bonds is 1. The van der Waals surface area contributed by atoms with E-state index in [0.717, 1.165) is 24.0 Å². The molecule has 2 aliphatic rings. The first-order valence-corrected chi connectivity index (χ1v) is 7.09. The van der Waals surface area contributed by atoms with E-state index in [1.165, 1.54) is 36.8 Å². The molecule has 0 N–H and O–H groups in total. The van der Waals surface area contributed by atoms with Crippen molar-refractivity contribution in [1.82, 2.24) is 0 Å². The van der Waals surface area contributed by atoms with Crippen molar-refractivity contribution in [3.05, 3.63) is 46.5 Å². The summed E-state index contributed by atoms with van der Waals surface area (Å²) in [5.74, 6) is 0.946. The van der Waals surface area contributed by atoms with Crippen molar-refractivity contribution in [2.24, 2.45) is 5.92 Å². The van der Waals surface area contributed by atoms with Gasteiger partial charge in [0.25, 0.3) is 0 Å². The monoisotopic (exact) mass is 240 g/mol. The number of fused-ring (bicyclic) bond motifs is 1. The molecule has 0 amide bonds. The molecular formula is C17H20O. The molecule has 3 rings (SSSR count). The number of aryl methyl sites for hydroxylation is 1. The molecule has 18 heavy (non-hydrogen) atoms. The van der Waals surface area contributed by atoms with Gasteiger partial charge in [-0.3, -0.25) is 4.79 Å². The van der Waals surface area contributed by atoms with Crippen LogP contribution in [0.4, 0.5) is 0 Å². The Morgan fingerprint density at radius 3 is 2.72 bits per heavy atom. The van der Waals surface area contributed by atoms with E-state index in [0.29, 0.717) is 5.92 Å². The number of hydrogen-bond donors (Lipinski definition) is 0. The van der Waals surface area contributed by atoms with Gasteiger partial charge in [0.15, 0.2) is 5.78 Å². The van der Waals surface area contributed by atoms with Crippen molar-refractivity contribution in [3.63, 3.8) is 0 Å². The molecule has 2 aliphatic carbocycles. The normalized spacial score (nSPS) is 22.5. The molecule has 0 unspecified atom stereocenters. The highest BCUT2D eigenvalue weighted by molar-refractivity contribution is 6.10. The Kier molecular flexibility index (Phi) is 3.07. The molecule has 1 heteroatoms. The summed E-state index contributed by atoms with van der Waals surface area (Å²) in [7, 11) is 0. The molecule has 0 aromatic heterocycles. The third kappa shape index (κ3) is 2.03. The molecule has 0 radical (unpaired) electrons. The Morgan fingerprint density at radius 1 is 1.17 bits per heavy atom. The fourth-order valence-corrected chi connectivity index (χ4v) is 3.36. The van der Waals surface area contributed by atoms with Crippen LogP contribution in [0.15, 0.2) is 29.8 Å². The van der Waals surface area contributed by atoms with E-state index < -0.39 is 0 Å². The highest BCUT2D eigenvalue weighted by atomic mass is 16.1. The molecule has 0 spiro atoms. The van der Waals surface area contributed by atoms with Gasteiger partial charge in [0.2, 0.25) is 0 Å². The van der Waals surface area contributed by atoms with E-state index >= 15 is 0 Å². The minimum Gasteiger partial charge on any atom is -0.289 e. The van der Waals surface area contributed by atoms with Gasteiger partial charge >= 0.3 is 0 Å². The van der Waals surface area contributed by atoms with Gasteiger partial charge in [0.05, 0.1) is 0 Å². The second-order valence-corrected chi connectivity index (χ2v) is 5.67. The maximum Gasteiger partial charge on any atom is 0.188 e. The molecule has 0 saturated heterocycles. The van der Waals surface area contributed by atoms with Gasteiger partial charge in [-0.1, -0.05) is 37.1 Å². The van der Waals surface area contributed by atoms with Crippen LogP contribution in [0.1, 0.15) is 53.6 Å². The molecule has 1 saturated carbocycles. The molecule has 1 fully saturated rings. The van der Waals surface area contributed by atoms with E-state index in [4.69, 9.17) is 0 Å². The van der Waals surface area contributed by atoms with Gasteiger partial charge in [0.1, 0.15) is 0 Å². The van der Waals surface area contributed by atoms with Crippen LogP contribution in [0.25, 0.3) is 0 Å². The molecule has 0 aliphatic heterocycles. The maximum atomic E-state index is 12.5. The summed E-state index contributed by atoms with van der Waals surface area (Å²) in [6.45, 7) is 2.11. The van der Waals surface area contributed by atoms with Crippen molar-refractivity contribution in [1.29, 1.82) is 0 Å². The summed E-state index contributed by atoms with van der Waals surface area (Å²) in [4.78, 5) is 12.5. The van der Waals surface area contributed by atoms with Crippen molar-refractivity contribution >= 4 is 5.78 Å². The van der Waals surface area contributed by atoms with Crippen LogP contribution in [-0.4, -0.2) is 5.78 Å². The third-order valence-corrected chi connectivity index (χ3v) is 4.43. The largest absolute Gasteiger partial charge is 0.289 e. The Balaban J connectivity index is 1.92. The van der Waals surface area contributed by atoms with Crippen LogP contribution >= 0.6 is 0 Å². The summed E-state index contributed by atoms with van der Waals surface area (Å²) in [5.41, 5.74) is 4.55. The summed E-state index contributed by atoms with van der Waals surface area (Å²) in [6.07, 6.45) is 9.46. The minimum atomic E-state index is 0.284. The predicted molar refractivity (Wildman–Crippen MR) is 73.9 cm³/mol. The number of ketones is 1. The molecule has 1 aromatic carbocycles. The van der Waals surface area contributed by atoms with Crippen LogP contribution < -0.4 is 0 Å². The molecule has 0 bridgehead atoms. The lowest BCUT2D eigenvalue weighted by atomic mass is 9.83. The average molecular weight is 240 g/mol. The second-order valence-electron chi connectivity index (χ2n) is 5.67. The quantitative estimate of drug-likeness (QED) is 0.671. The molecule has 1 nitrogen and oxygen atoms in total. The Morgan fingerprint density at radius 2 is 1.94 bits per heavy atom. The average Bonchev–Trinajstić information content (AvgIpc) is 2.86. The number of Topliss-reactive ketones (excluding diaryl/α,β-unsaturated/α-hetero) is 1. The van der Waals surface area contributed by atoms with Crippen molar-refractivity contribution < 1.29 is 4.79 Å². The number of allylic oxidation sites excluding steroid dienone is 2. The number of hydrogen-bond acceptors (Lipinski definition) is 1. The van der Waals surface area contributed by atoms with E-state index in [2.05, 4.69) is 19.1 Å². The van der Waals surface area contributed by atoms with Gasteiger partial charge < -0.3 is 0 Å².